The molecule has 1 fully saturated rings. The first kappa shape index (κ1) is 22.5. The number of hydrogen-bond acceptors (Lipinski definition) is 3. The third-order valence-corrected chi connectivity index (χ3v) is 7.59. The molecular weight excluding hydrogens is 398 g/mol. The van der Waals surface area contributed by atoms with Crippen molar-refractivity contribution in [2.45, 2.75) is 38.1 Å². The first-order chi connectivity index (χ1) is 14.4. The maximum Gasteiger partial charge on any atom is 0.275 e. The smallest absolute Gasteiger partial charge is 0.275 e. The van der Waals surface area contributed by atoms with Gasteiger partial charge in [0.2, 0.25) is 10.0 Å². The molecule has 0 atom stereocenters. The van der Waals surface area contributed by atoms with Crippen LogP contribution in [0.4, 0.5) is 0 Å². The highest BCUT2D eigenvalue weighted by molar-refractivity contribution is 7.89. The van der Waals surface area contributed by atoms with E-state index >= 15 is 0 Å². The number of carbonyl (C=O) groups is 1. The molecule has 1 aliphatic heterocycles. The summed E-state index contributed by atoms with van der Waals surface area (Å²) >= 11 is 0. The minimum atomic E-state index is -3.48. The largest absolute Gasteiger partial charge is 0.347 e. The summed E-state index contributed by atoms with van der Waals surface area (Å²) in [5.74, 6) is -0.00364. The Bertz CT molecular complexity index is 950. The van der Waals surface area contributed by atoms with Gasteiger partial charge in [-0.15, -0.1) is 0 Å². The van der Waals surface area contributed by atoms with Gasteiger partial charge in [-0.1, -0.05) is 49.7 Å². The van der Waals surface area contributed by atoms with E-state index in [1.165, 1.54) is 4.31 Å². The quantitative estimate of drug-likeness (QED) is 0.660. The van der Waals surface area contributed by atoms with Crippen LogP contribution in [-0.4, -0.2) is 51.4 Å². The second-order valence-corrected chi connectivity index (χ2v) is 9.87. The molecule has 1 aliphatic rings. The van der Waals surface area contributed by atoms with Gasteiger partial charge >= 0.3 is 0 Å². The number of piperazine rings is 1. The summed E-state index contributed by atoms with van der Waals surface area (Å²) in [5.41, 5.74) is 3.43. The van der Waals surface area contributed by atoms with Crippen molar-refractivity contribution in [2.75, 3.05) is 32.7 Å². The first-order valence-corrected chi connectivity index (χ1v) is 12.1. The number of nitrogens with one attached hydrogen (secondary N) is 2. The average molecular weight is 431 g/mol. The number of quaternary nitrogens is 1. The van der Waals surface area contributed by atoms with Crippen molar-refractivity contribution in [1.82, 2.24) is 9.62 Å². The lowest BCUT2D eigenvalue weighted by molar-refractivity contribution is -0.895. The Hall–Kier alpha value is -2.22. The van der Waals surface area contributed by atoms with E-state index in [4.69, 9.17) is 0 Å². The summed E-state index contributed by atoms with van der Waals surface area (Å²) in [4.78, 5) is 13.8. The van der Waals surface area contributed by atoms with Gasteiger partial charge in [0.05, 0.1) is 31.1 Å². The number of nitrogens with zero attached hydrogens (tertiary/aromatic N) is 1. The summed E-state index contributed by atoms with van der Waals surface area (Å²) in [6.07, 6.45) is 1.99. The lowest BCUT2D eigenvalue weighted by Crippen LogP contribution is -3.15. The zero-order valence-electron chi connectivity index (χ0n) is 17.9. The highest BCUT2D eigenvalue weighted by Gasteiger charge is 2.31. The van der Waals surface area contributed by atoms with E-state index in [0.29, 0.717) is 44.2 Å². The van der Waals surface area contributed by atoms with Crippen molar-refractivity contribution in [2.24, 2.45) is 0 Å². The Morgan fingerprint density at radius 1 is 1.07 bits per heavy atom. The van der Waals surface area contributed by atoms with Crippen LogP contribution >= 0.6 is 0 Å². The highest BCUT2D eigenvalue weighted by atomic mass is 32.2. The number of carbonyl (C=O) groups excluding carboxylic acids is 1. The second-order valence-electron chi connectivity index (χ2n) is 7.93. The predicted octanol–water partition coefficient (Wildman–Crippen LogP) is 1.15. The summed E-state index contributed by atoms with van der Waals surface area (Å²) in [5, 5.41) is 2.98. The molecule has 1 saturated heterocycles. The van der Waals surface area contributed by atoms with Crippen LogP contribution in [0.5, 0.6) is 0 Å². The molecule has 0 saturated carbocycles. The summed E-state index contributed by atoms with van der Waals surface area (Å²) in [7, 11) is -3.48. The fourth-order valence-corrected chi connectivity index (χ4v) is 5.22. The van der Waals surface area contributed by atoms with E-state index in [0.717, 1.165) is 34.4 Å². The monoisotopic (exact) mass is 430 g/mol. The molecule has 3 rings (SSSR count). The molecule has 0 radical (unpaired) electrons. The zero-order valence-corrected chi connectivity index (χ0v) is 18.7. The minimum Gasteiger partial charge on any atom is -0.347 e. The summed E-state index contributed by atoms with van der Waals surface area (Å²) in [6.45, 7) is 7.15. The van der Waals surface area contributed by atoms with E-state index in [-0.39, 0.29) is 5.91 Å². The van der Waals surface area contributed by atoms with Gasteiger partial charge in [-0.3, -0.25) is 4.79 Å². The molecule has 1 amide bonds. The van der Waals surface area contributed by atoms with Gasteiger partial charge in [-0.2, -0.15) is 4.31 Å². The van der Waals surface area contributed by atoms with Crippen LogP contribution in [0.1, 0.15) is 30.0 Å². The highest BCUT2D eigenvalue weighted by Crippen LogP contribution is 2.17. The van der Waals surface area contributed by atoms with Crippen LogP contribution in [0.25, 0.3) is 0 Å². The molecular formula is C23H32N3O3S+. The normalized spacial score (nSPS) is 15.8. The van der Waals surface area contributed by atoms with Crippen molar-refractivity contribution in [3.05, 3.63) is 65.2 Å². The Morgan fingerprint density at radius 3 is 2.37 bits per heavy atom. The molecule has 0 unspecified atom stereocenters. The number of hydrogen-bond donors (Lipinski definition) is 2. The first-order valence-electron chi connectivity index (χ1n) is 10.6. The number of sulfonamides is 1. The van der Waals surface area contributed by atoms with Gasteiger partial charge in [0, 0.05) is 6.54 Å². The van der Waals surface area contributed by atoms with Gasteiger partial charge in [0.1, 0.15) is 0 Å². The molecule has 0 aromatic heterocycles. The molecule has 30 heavy (non-hydrogen) atoms. The minimum absolute atomic E-state index is 0.00364. The maximum atomic E-state index is 12.9. The third kappa shape index (κ3) is 5.68. The summed E-state index contributed by atoms with van der Waals surface area (Å²) in [6, 6.07) is 15.2. The molecule has 0 spiro atoms. The molecule has 1 heterocycles. The van der Waals surface area contributed by atoms with E-state index in [1.54, 1.807) is 12.1 Å². The maximum absolute atomic E-state index is 12.9. The fourth-order valence-electron chi connectivity index (χ4n) is 3.78. The van der Waals surface area contributed by atoms with Crippen LogP contribution < -0.4 is 10.2 Å². The average Bonchev–Trinajstić information content (AvgIpc) is 2.74. The Kier molecular flexibility index (Phi) is 7.64. The Balaban J connectivity index is 1.49. The Morgan fingerprint density at radius 2 is 1.73 bits per heavy atom. The Labute approximate surface area is 179 Å². The van der Waals surface area contributed by atoms with Gasteiger partial charge in [-0.05, 0) is 42.2 Å². The van der Waals surface area contributed by atoms with Gasteiger partial charge in [-0.25, -0.2) is 8.42 Å². The number of rotatable bonds is 8. The van der Waals surface area contributed by atoms with Crippen LogP contribution in [0.15, 0.2) is 53.4 Å². The number of benzene rings is 2. The van der Waals surface area contributed by atoms with E-state index in [9.17, 15) is 13.2 Å². The van der Waals surface area contributed by atoms with Crippen molar-refractivity contribution >= 4 is 15.9 Å². The van der Waals surface area contributed by atoms with Crippen molar-refractivity contribution in [3.63, 3.8) is 0 Å². The molecule has 2 N–H and O–H groups in total. The predicted molar refractivity (Wildman–Crippen MR) is 118 cm³/mol. The molecule has 7 heteroatoms. The van der Waals surface area contributed by atoms with Crippen LogP contribution in [0, 0.1) is 6.92 Å². The standard InChI is InChI=1S/C23H31N3O3S/c1-3-6-20-9-11-22(12-10-20)30(28,29)26-15-13-25(14-16-26)18-23(27)24-17-21-8-5-4-7-19(21)2/h4-5,7-12H,3,6,13-18H2,1-2H3,(H,24,27)/p+1. The summed E-state index contributed by atoms with van der Waals surface area (Å²) < 4.78 is 27.4. The van der Waals surface area contributed by atoms with Gasteiger partial charge < -0.3 is 10.2 Å². The van der Waals surface area contributed by atoms with E-state index in [1.807, 2.05) is 43.3 Å². The fraction of sp³-hybridized carbons (Fsp3) is 0.435. The van der Waals surface area contributed by atoms with Crippen molar-refractivity contribution in [1.29, 1.82) is 0 Å². The molecule has 0 bridgehead atoms. The third-order valence-electron chi connectivity index (χ3n) is 5.68. The molecule has 6 nitrogen and oxygen atoms in total. The lowest BCUT2D eigenvalue weighted by atomic mass is 10.1. The number of amides is 1. The van der Waals surface area contributed by atoms with Crippen LogP contribution in [-0.2, 0) is 27.8 Å². The lowest BCUT2D eigenvalue weighted by Gasteiger charge is -2.31. The van der Waals surface area contributed by atoms with Crippen LogP contribution in [0.3, 0.4) is 0 Å². The van der Waals surface area contributed by atoms with Gasteiger partial charge in [0.25, 0.3) is 5.91 Å². The van der Waals surface area contributed by atoms with E-state index in [2.05, 4.69) is 12.2 Å². The molecule has 0 aliphatic carbocycles. The van der Waals surface area contributed by atoms with Crippen molar-refractivity contribution < 1.29 is 18.1 Å². The SMILES string of the molecule is CCCc1ccc(S(=O)(=O)N2CC[NH+](CC(=O)NCc3ccccc3C)CC2)cc1. The van der Waals surface area contributed by atoms with Crippen LogP contribution in [0.2, 0.25) is 0 Å². The zero-order chi connectivity index (χ0) is 21.6. The molecule has 162 valence electrons. The van der Waals surface area contributed by atoms with Gasteiger partial charge in [0.15, 0.2) is 6.54 Å². The molecule has 2 aromatic rings. The molecule has 2 aromatic carbocycles. The van der Waals surface area contributed by atoms with Crippen molar-refractivity contribution in [3.8, 4) is 0 Å². The van der Waals surface area contributed by atoms with E-state index < -0.39 is 10.0 Å². The second kappa shape index (κ2) is 10.2. The topological polar surface area (TPSA) is 70.9 Å². The number of aryl methyl sites for hydroxylation is 2.